The molecule has 0 saturated carbocycles. The molecule has 1 unspecified atom stereocenters. The molecule has 9 nitrogen and oxygen atoms in total. The van der Waals surface area contributed by atoms with Crippen LogP contribution in [0, 0.1) is 0 Å². The van der Waals surface area contributed by atoms with Crippen molar-refractivity contribution in [1.29, 1.82) is 0 Å². The number of ether oxygens (including phenoxy) is 2. The number of hydrogen-bond acceptors (Lipinski definition) is 7. The predicted molar refractivity (Wildman–Crippen MR) is 91.8 cm³/mol. The number of benzene rings is 1. The molecule has 26 heavy (non-hydrogen) atoms. The van der Waals surface area contributed by atoms with E-state index in [1.165, 1.54) is 5.01 Å². The maximum Gasteiger partial charge on any atom is 0.271 e. The van der Waals surface area contributed by atoms with Crippen LogP contribution in [0.5, 0.6) is 11.5 Å². The SMILES string of the molecule is O=C(Nc1ccc2c(c1)OCO2)C1=NN(C2CCS(=O)(=O)C2)C(=O)CC1. The highest BCUT2D eigenvalue weighted by atomic mass is 32.2. The van der Waals surface area contributed by atoms with Crippen molar-refractivity contribution >= 4 is 33.1 Å². The fourth-order valence-electron chi connectivity index (χ4n) is 3.17. The van der Waals surface area contributed by atoms with Crippen LogP contribution in [-0.4, -0.2) is 55.3 Å². The maximum absolute atomic E-state index is 12.5. The first-order valence-electron chi connectivity index (χ1n) is 8.22. The van der Waals surface area contributed by atoms with Gasteiger partial charge in [-0.15, -0.1) is 0 Å². The summed E-state index contributed by atoms with van der Waals surface area (Å²) in [6.07, 6.45) is 0.684. The van der Waals surface area contributed by atoms with Gasteiger partial charge in [-0.1, -0.05) is 0 Å². The van der Waals surface area contributed by atoms with Gasteiger partial charge in [0.1, 0.15) is 5.71 Å². The molecule has 0 radical (unpaired) electrons. The molecular weight excluding hydrogens is 362 g/mol. The number of carbonyl (C=O) groups excluding carboxylic acids is 2. The van der Waals surface area contributed by atoms with Gasteiger partial charge in [0.25, 0.3) is 5.91 Å². The first-order chi connectivity index (χ1) is 12.4. The first kappa shape index (κ1) is 16.8. The van der Waals surface area contributed by atoms with E-state index in [-0.39, 0.29) is 42.8 Å². The molecule has 0 aromatic heterocycles. The zero-order valence-corrected chi connectivity index (χ0v) is 14.6. The summed E-state index contributed by atoms with van der Waals surface area (Å²) in [7, 11) is -3.15. The van der Waals surface area contributed by atoms with Crippen LogP contribution < -0.4 is 14.8 Å². The van der Waals surface area contributed by atoms with Crippen LogP contribution >= 0.6 is 0 Å². The molecule has 3 aliphatic rings. The van der Waals surface area contributed by atoms with Gasteiger partial charge in [0.05, 0.1) is 17.5 Å². The van der Waals surface area contributed by atoms with Crippen LogP contribution in [0.2, 0.25) is 0 Å². The van der Waals surface area contributed by atoms with Crippen LogP contribution in [0.15, 0.2) is 23.3 Å². The Balaban J connectivity index is 1.50. The van der Waals surface area contributed by atoms with Crippen molar-refractivity contribution in [3.05, 3.63) is 18.2 Å². The van der Waals surface area contributed by atoms with Gasteiger partial charge in [-0.2, -0.15) is 5.10 Å². The van der Waals surface area contributed by atoms with Crippen LogP contribution in [-0.2, 0) is 19.4 Å². The van der Waals surface area contributed by atoms with Gasteiger partial charge in [-0.25, -0.2) is 13.4 Å². The Labute approximate surface area is 149 Å². The second-order valence-electron chi connectivity index (χ2n) is 6.36. The molecule has 2 amide bonds. The number of carbonyl (C=O) groups is 2. The van der Waals surface area contributed by atoms with Gasteiger partial charge >= 0.3 is 0 Å². The van der Waals surface area contributed by atoms with Crippen molar-refractivity contribution in [3.63, 3.8) is 0 Å². The molecule has 4 rings (SSSR count). The molecule has 0 bridgehead atoms. The molecule has 1 aromatic carbocycles. The second kappa shape index (κ2) is 6.27. The minimum atomic E-state index is -3.15. The molecule has 138 valence electrons. The van der Waals surface area contributed by atoms with Gasteiger partial charge in [0.15, 0.2) is 21.3 Å². The summed E-state index contributed by atoms with van der Waals surface area (Å²) in [5.74, 6) is 0.391. The Morgan fingerprint density at radius 1 is 1.23 bits per heavy atom. The van der Waals surface area contributed by atoms with Gasteiger partial charge in [-0.3, -0.25) is 9.59 Å². The monoisotopic (exact) mass is 379 g/mol. The highest BCUT2D eigenvalue weighted by Crippen LogP contribution is 2.34. The number of rotatable bonds is 3. The number of amides is 2. The fourth-order valence-corrected chi connectivity index (χ4v) is 4.86. The Hall–Kier alpha value is -2.62. The molecule has 1 atom stereocenters. The van der Waals surface area contributed by atoms with Crippen molar-refractivity contribution < 1.29 is 27.5 Å². The summed E-state index contributed by atoms with van der Waals surface area (Å²) in [5.41, 5.74) is 0.723. The van der Waals surface area contributed by atoms with Gasteiger partial charge in [0.2, 0.25) is 12.7 Å². The number of nitrogens with one attached hydrogen (secondary N) is 1. The summed E-state index contributed by atoms with van der Waals surface area (Å²) in [6.45, 7) is 0.140. The molecule has 1 N–H and O–H groups in total. The zero-order valence-electron chi connectivity index (χ0n) is 13.8. The van der Waals surface area contributed by atoms with Gasteiger partial charge in [-0.05, 0) is 18.6 Å². The van der Waals surface area contributed by atoms with E-state index in [2.05, 4.69) is 10.4 Å². The molecular formula is C16H17N3O6S. The van der Waals surface area contributed by atoms with Crippen molar-refractivity contribution in [3.8, 4) is 11.5 Å². The molecule has 10 heteroatoms. The average Bonchev–Trinajstić information content (AvgIpc) is 3.20. The summed E-state index contributed by atoms with van der Waals surface area (Å²) in [4.78, 5) is 24.6. The van der Waals surface area contributed by atoms with Crippen molar-refractivity contribution in [2.45, 2.75) is 25.3 Å². The van der Waals surface area contributed by atoms with Crippen LogP contribution in [0.3, 0.4) is 0 Å². The lowest BCUT2D eigenvalue weighted by atomic mass is 10.1. The number of sulfone groups is 1. The Morgan fingerprint density at radius 2 is 2.04 bits per heavy atom. The maximum atomic E-state index is 12.5. The summed E-state index contributed by atoms with van der Waals surface area (Å²) >= 11 is 0. The van der Waals surface area contributed by atoms with E-state index in [9.17, 15) is 18.0 Å². The van der Waals surface area contributed by atoms with Crippen LogP contribution in [0.25, 0.3) is 0 Å². The van der Waals surface area contributed by atoms with Crippen LogP contribution in [0.1, 0.15) is 19.3 Å². The van der Waals surface area contributed by atoms with E-state index in [4.69, 9.17) is 9.47 Å². The number of nitrogens with zero attached hydrogens (tertiary/aromatic N) is 2. The highest BCUT2D eigenvalue weighted by Gasteiger charge is 2.37. The minimum absolute atomic E-state index is 0.0374. The molecule has 3 aliphatic heterocycles. The lowest BCUT2D eigenvalue weighted by molar-refractivity contribution is -0.133. The molecule has 1 fully saturated rings. The van der Waals surface area contributed by atoms with Gasteiger partial charge < -0.3 is 14.8 Å². The molecule has 1 saturated heterocycles. The highest BCUT2D eigenvalue weighted by molar-refractivity contribution is 7.91. The van der Waals surface area contributed by atoms with E-state index >= 15 is 0 Å². The normalized spacial score (nSPS) is 23.7. The topological polar surface area (TPSA) is 114 Å². The van der Waals surface area contributed by atoms with E-state index in [1.54, 1.807) is 18.2 Å². The number of fused-ring (bicyclic) bond motifs is 1. The van der Waals surface area contributed by atoms with Crippen molar-refractivity contribution in [2.75, 3.05) is 23.6 Å². The third-order valence-corrected chi connectivity index (χ3v) is 6.26. The molecule has 1 aromatic rings. The molecule has 0 aliphatic carbocycles. The number of hydrogen-bond donors (Lipinski definition) is 1. The third-order valence-electron chi connectivity index (χ3n) is 4.51. The summed E-state index contributed by atoms with van der Waals surface area (Å²) < 4.78 is 33.8. The van der Waals surface area contributed by atoms with E-state index < -0.39 is 21.8 Å². The van der Waals surface area contributed by atoms with Crippen molar-refractivity contribution in [1.82, 2.24) is 5.01 Å². The minimum Gasteiger partial charge on any atom is -0.454 e. The fraction of sp³-hybridized carbons (Fsp3) is 0.438. The summed E-state index contributed by atoms with van der Waals surface area (Å²) in [5, 5.41) is 8.04. The number of hydrazone groups is 1. The Morgan fingerprint density at radius 3 is 2.81 bits per heavy atom. The predicted octanol–water partition coefficient (Wildman–Crippen LogP) is 0.519. The van der Waals surface area contributed by atoms with Crippen LogP contribution in [0.4, 0.5) is 5.69 Å². The second-order valence-corrected chi connectivity index (χ2v) is 8.59. The largest absolute Gasteiger partial charge is 0.454 e. The van der Waals surface area contributed by atoms with Gasteiger partial charge in [0, 0.05) is 24.6 Å². The van der Waals surface area contributed by atoms with E-state index in [1.807, 2.05) is 0 Å². The zero-order chi connectivity index (χ0) is 18.3. The summed E-state index contributed by atoms with van der Waals surface area (Å²) in [6, 6.07) is 4.53. The molecule has 3 heterocycles. The number of anilines is 1. The Kier molecular flexibility index (Phi) is 4.06. The van der Waals surface area contributed by atoms with E-state index in [0.29, 0.717) is 23.6 Å². The first-order valence-corrected chi connectivity index (χ1v) is 10.0. The standard InChI is InChI=1S/C16H17N3O6S/c20-15-4-2-12(18-19(15)11-5-6-26(22,23)8-11)16(21)17-10-1-3-13-14(7-10)25-9-24-13/h1,3,7,11H,2,4-6,8-9H2,(H,17,21). The Bertz CT molecular complexity index is 911. The molecule has 0 spiro atoms. The third kappa shape index (κ3) is 3.24. The lowest BCUT2D eigenvalue weighted by Crippen LogP contribution is -2.42. The quantitative estimate of drug-likeness (QED) is 0.819. The average molecular weight is 379 g/mol. The smallest absolute Gasteiger partial charge is 0.271 e. The van der Waals surface area contributed by atoms with E-state index in [0.717, 1.165) is 0 Å². The lowest BCUT2D eigenvalue weighted by Gasteiger charge is -2.27. The van der Waals surface area contributed by atoms with Crippen molar-refractivity contribution in [2.24, 2.45) is 5.10 Å².